The molecule has 0 aromatic heterocycles. The molecular formula is C12H5BrClF2NO3. The highest BCUT2D eigenvalue weighted by atomic mass is 79.9. The van der Waals surface area contributed by atoms with E-state index in [2.05, 4.69) is 15.9 Å². The van der Waals surface area contributed by atoms with Gasteiger partial charge in [0.05, 0.1) is 14.4 Å². The molecule has 0 amide bonds. The summed E-state index contributed by atoms with van der Waals surface area (Å²) in [4.78, 5) is 10.1. The molecule has 0 heterocycles. The summed E-state index contributed by atoms with van der Waals surface area (Å²) in [5.41, 5.74) is -0.514. The van der Waals surface area contributed by atoms with Gasteiger partial charge in [-0.2, -0.15) is 0 Å². The fourth-order valence-corrected chi connectivity index (χ4v) is 1.81. The average molecular weight is 365 g/mol. The lowest BCUT2D eigenvalue weighted by molar-refractivity contribution is -0.385. The third-order valence-corrected chi connectivity index (χ3v) is 3.25. The first-order chi connectivity index (χ1) is 9.38. The Balaban J connectivity index is 2.44. The second-order valence-corrected chi connectivity index (χ2v) is 4.93. The standard InChI is InChI=1S/C12H5BrClF2NO3/c13-7-2-1-6(3-9(7)15)20-12-5-10(16)8(14)4-11(12)17(18)19/h1-5H. The predicted molar refractivity (Wildman–Crippen MR) is 72.2 cm³/mol. The van der Waals surface area contributed by atoms with Crippen molar-refractivity contribution in [3.05, 3.63) is 61.6 Å². The van der Waals surface area contributed by atoms with Crippen molar-refractivity contribution in [1.29, 1.82) is 0 Å². The summed E-state index contributed by atoms with van der Waals surface area (Å²) in [6.45, 7) is 0. The number of nitro benzene ring substituents is 1. The maximum atomic E-state index is 13.4. The molecule has 4 nitrogen and oxygen atoms in total. The zero-order valence-electron chi connectivity index (χ0n) is 9.57. The lowest BCUT2D eigenvalue weighted by atomic mass is 10.2. The van der Waals surface area contributed by atoms with Crippen molar-refractivity contribution in [3.8, 4) is 11.5 Å². The molecule has 0 unspecified atom stereocenters. The highest BCUT2D eigenvalue weighted by molar-refractivity contribution is 9.10. The van der Waals surface area contributed by atoms with E-state index in [1.54, 1.807) is 0 Å². The van der Waals surface area contributed by atoms with Gasteiger partial charge in [-0.15, -0.1) is 0 Å². The summed E-state index contributed by atoms with van der Waals surface area (Å²) in [6, 6.07) is 5.37. The highest BCUT2D eigenvalue weighted by Gasteiger charge is 2.20. The van der Waals surface area contributed by atoms with E-state index in [0.29, 0.717) is 0 Å². The molecule has 0 N–H and O–H groups in total. The number of hydrogen-bond acceptors (Lipinski definition) is 3. The molecule has 0 atom stereocenters. The van der Waals surface area contributed by atoms with Crippen LogP contribution in [0.15, 0.2) is 34.8 Å². The van der Waals surface area contributed by atoms with E-state index >= 15 is 0 Å². The van der Waals surface area contributed by atoms with E-state index in [0.717, 1.165) is 18.2 Å². The molecule has 2 aromatic carbocycles. The fourth-order valence-electron chi connectivity index (χ4n) is 1.41. The van der Waals surface area contributed by atoms with Gasteiger partial charge in [-0.05, 0) is 28.1 Å². The van der Waals surface area contributed by atoms with Crippen LogP contribution in [0.3, 0.4) is 0 Å². The molecule has 0 aliphatic carbocycles. The molecule has 0 saturated heterocycles. The Morgan fingerprint density at radius 2 is 1.90 bits per heavy atom. The molecule has 0 saturated carbocycles. The Hall–Kier alpha value is -1.73. The molecule has 0 spiro atoms. The summed E-state index contributed by atoms with van der Waals surface area (Å²) in [5, 5.41) is 10.5. The zero-order valence-corrected chi connectivity index (χ0v) is 11.9. The fraction of sp³-hybridized carbons (Fsp3) is 0. The van der Waals surface area contributed by atoms with E-state index in [1.165, 1.54) is 12.1 Å². The first-order valence-electron chi connectivity index (χ1n) is 5.15. The summed E-state index contributed by atoms with van der Waals surface area (Å²) in [6.07, 6.45) is 0. The zero-order chi connectivity index (χ0) is 14.9. The van der Waals surface area contributed by atoms with E-state index in [9.17, 15) is 18.9 Å². The van der Waals surface area contributed by atoms with Gasteiger partial charge in [-0.25, -0.2) is 8.78 Å². The smallest absolute Gasteiger partial charge is 0.313 e. The van der Waals surface area contributed by atoms with Crippen LogP contribution < -0.4 is 4.74 Å². The summed E-state index contributed by atoms with van der Waals surface area (Å²) < 4.78 is 32.0. The van der Waals surface area contributed by atoms with Crippen molar-refractivity contribution in [2.75, 3.05) is 0 Å². The quantitative estimate of drug-likeness (QED) is 0.563. The van der Waals surface area contributed by atoms with Crippen molar-refractivity contribution < 1.29 is 18.4 Å². The second kappa shape index (κ2) is 5.72. The lowest BCUT2D eigenvalue weighted by Crippen LogP contribution is -1.95. The Morgan fingerprint density at radius 1 is 1.20 bits per heavy atom. The Kier molecular flexibility index (Phi) is 4.20. The van der Waals surface area contributed by atoms with Crippen LogP contribution in [0, 0.1) is 21.7 Å². The number of nitro groups is 1. The van der Waals surface area contributed by atoms with Crippen LogP contribution in [0.5, 0.6) is 11.5 Å². The van der Waals surface area contributed by atoms with E-state index in [-0.39, 0.29) is 16.0 Å². The Bertz CT molecular complexity index is 697. The minimum absolute atomic E-state index is 0.00415. The largest absolute Gasteiger partial charge is 0.450 e. The first kappa shape index (κ1) is 14.7. The first-order valence-corrected chi connectivity index (χ1v) is 6.32. The topological polar surface area (TPSA) is 52.4 Å². The molecule has 0 radical (unpaired) electrons. The minimum atomic E-state index is -0.871. The van der Waals surface area contributed by atoms with E-state index in [1.807, 2.05) is 0 Å². The molecule has 0 aliphatic rings. The molecule has 8 heteroatoms. The average Bonchev–Trinajstić information content (AvgIpc) is 2.37. The molecule has 0 bridgehead atoms. The van der Waals surface area contributed by atoms with Gasteiger partial charge in [0.15, 0.2) is 0 Å². The highest BCUT2D eigenvalue weighted by Crippen LogP contribution is 2.36. The number of ether oxygens (including phenoxy) is 1. The van der Waals surface area contributed by atoms with Crippen LogP contribution in [0.4, 0.5) is 14.5 Å². The number of halogens is 4. The van der Waals surface area contributed by atoms with Crippen LogP contribution in [0.2, 0.25) is 5.02 Å². The third kappa shape index (κ3) is 3.05. The Morgan fingerprint density at radius 3 is 2.50 bits per heavy atom. The van der Waals surface area contributed by atoms with Crippen molar-refractivity contribution in [2.24, 2.45) is 0 Å². The van der Waals surface area contributed by atoms with Crippen molar-refractivity contribution >= 4 is 33.2 Å². The lowest BCUT2D eigenvalue weighted by Gasteiger charge is -2.07. The number of benzene rings is 2. The van der Waals surface area contributed by atoms with Crippen molar-refractivity contribution in [1.82, 2.24) is 0 Å². The molecule has 0 aliphatic heterocycles. The molecule has 20 heavy (non-hydrogen) atoms. The summed E-state index contributed by atoms with van der Waals surface area (Å²) >= 11 is 8.44. The molecule has 0 fully saturated rings. The van der Waals surface area contributed by atoms with Gasteiger partial charge >= 0.3 is 5.69 Å². The Labute approximate surface area is 125 Å². The van der Waals surface area contributed by atoms with E-state index in [4.69, 9.17) is 16.3 Å². The molecule has 104 valence electrons. The van der Waals surface area contributed by atoms with Crippen molar-refractivity contribution in [2.45, 2.75) is 0 Å². The molecule has 2 aromatic rings. The van der Waals surface area contributed by atoms with Gasteiger partial charge in [0, 0.05) is 18.2 Å². The van der Waals surface area contributed by atoms with Gasteiger partial charge in [0.1, 0.15) is 17.4 Å². The summed E-state index contributed by atoms with van der Waals surface area (Å²) in [7, 11) is 0. The van der Waals surface area contributed by atoms with Gasteiger partial charge in [-0.3, -0.25) is 10.1 Å². The van der Waals surface area contributed by atoms with Gasteiger partial charge < -0.3 is 4.74 Å². The number of hydrogen-bond donors (Lipinski definition) is 0. The SMILES string of the molecule is O=[N+]([O-])c1cc(Cl)c(F)cc1Oc1ccc(Br)c(F)c1. The van der Waals surface area contributed by atoms with Crippen LogP contribution in [-0.2, 0) is 0 Å². The summed E-state index contributed by atoms with van der Waals surface area (Å²) in [5.74, 6) is -1.85. The predicted octanol–water partition coefficient (Wildman–Crippen LogP) is 5.08. The minimum Gasteiger partial charge on any atom is -0.450 e. The van der Waals surface area contributed by atoms with Crippen molar-refractivity contribution in [3.63, 3.8) is 0 Å². The third-order valence-electron chi connectivity index (χ3n) is 2.32. The van der Waals surface area contributed by atoms with Gasteiger partial charge in [0.2, 0.25) is 5.75 Å². The normalized spacial score (nSPS) is 10.4. The van der Waals surface area contributed by atoms with Crippen LogP contribution >= 0.6 is 27.5 Å². The van der Waals surface area contributed by atoms with E-state index < -0.39 is 27.3 Å². The maximum absolute atomic E-state index is 13.4. The monoisotopic (exact) mass is 363 g/mol. The van der Waals surface area contributed by atoms with Crippen LogP contribution in [-0.4, -0.2) is 4.92 Å². The van der Waals surface area contributed by atoms with Gasteiger partial charge in [-0.1, -0.05) is 11.6 Å². The molecule has 2 rings (SSSR count). The van der Waals surface area contributed by atoms with Crippen LogP contribution in [0.25, 0.3) is 0 Å². The number of nitrogens with zero attached hydrogens (tertiary/aromatic N) is 1. The van der Waals surface area contributed by atoms with Crippen LogP contribution in [0.1, 0.15) is 0 Å². The van der Waals surface area contributed by atoms with Gasteiger partial charge in [0.25, 0.3) is 0 Å². The number of rotatable bonds is 3. The maximum Gasteiger partial charge on any atom is 0.313 e. The second-order valence-electron chi connectivity index (χ2n) is 3.67. The molecular weight excluding hydrogens is 359 g/mol.